The van der Waals surface area contributed by atoms with Crippen LogP contribution < -0.4 is 15.4 Å². The van der Waals surface area contributed by atoms with Crippen LogP contribution in [0.15, 0.2) is 66.7 Å². The van der Waals surface area contributed by atoms with Crippen molar-refractivity contribution in [3.8, 4) is 11.8 Å². The molecule has 0 spiro atoms. The Kier molecular flexibility index (Phi) is 7.20. The molecule has 0 aliphatic heterocycles. The largest absolute Gasteiger partial charge is 0.483 e. The number of nitriles is 1. The van der Waals surface area contributed by atoms with E-state index in [1.807, 2.05) is 6.07 Å². The van der Waals surface area contributed by atoms with E-state index in [4.69, 9.17) is 21.6 Å². The molecule has 0 aromatic heterocycles. The van der Waals surface area contributed by atoms with Gasteiger partial charge in [0.2, 0.25) is 0 Å². The molecule has 3 rings (SSSR count). The van der Waals surface area contributed by atoms with E-state index in [1.165, 1.54) is 30.3 Å². The molecule has 2 amide bonds. The van der Waals surface area contributed by atoms with Gasteiger partial charge in [0, 0.05) is 28.4 Å². The van der Waals surface area contributed by atoms with Crippen molar-refractivity contribution < 1.29 is 18.7 Å². The van der Waals surface area contributed by atoms with Gasteiger partial charge in [-0.15, -0.1) is 0 Å². The fraction of sp³-hybridized carbons (Fsp3) is 0.0870. The lowest BCUT2D eigenvalue weighted by atomic mass is 10.1. The SMILES string of the molecule is N#Cc1ccc(CNC(=O)c2cccc(Cl)c2)c(OCC(=O)Nc2ccc(F)cc2)c1. The van der Waals surface area contributed by atoms with E-state index in [2.05, 4.69) is 10.6 Å². The Labute approximate surface area is 183 Å². The molecule has 0 bridgehead atoms. The molecule has 0 unspecified atom stereocenters. The standard InChI is InChI=1S/C23H17ClFN3O3/c24-18-3-1-2-16(11-18)23(30)27-13-17-5-4-15(12-26)10-21(17)31-14-22(29)28-20-8-6-19(25)7-9-20/h1-11H,13-14H2,(H,27,30)(H,28,29). The molecule has 0 heterocycles. The van der Waals surface area contributed by atoms with Crippen LogP contribution in [0.5, 0.6) is 5.75 Å². The number of carbonyl (C=O) groups excluding carboxylic acids is 2. The average molecular weight is 438 g/mol. The quantitative estimate of drug-likeness (QED) is 0.576. The molecule has 8 heteroatoms. The second-order valence-corrected chi connectivity index (χ2v) is 6.91. The van der Waals surface area contributed by atoms with Crippen molar-refractivity contribution in [3.63, 3.8) is 0 Å². The van der Waals surface area contributed by atoms with E-state index in [0.717, 1.165) is 0 Å². The van der Waals surface area contributed by atoms with E-state index < -0.39 is 11.7 Å². The Morgan fingerprint density at radius 1 is 1.06 bits per heavy atom. The van der Waals surface area contributed by atoms with Crippen LogP contribution in [0, 0.1) is 17.1 Å². The number of nitrogens with zero attached hydrogens (tertiary/aromatic N) is 1. The van der Waals surface area contributed by atoms with E-state index in [1.54, 1.807) is 36.4 Å². The van der Waals surface area contributed by atoms with Crippen molar-refractivity contribution in [3.05, 3.63) is 94.3 Å². The third kappa shape index (κ3) is 6.29. The molecule has 0 fully saturated rings. The summed E-state index contributed by atoms with van der Waals surface area (Å²) in [4.78, 5) is 24.5. The fourth-order valence-electron chi connectivity index (χ4n) is 2.69. The van der Waals surface area contributed by atoms with Crippen molar-refractivity contribution >= 4 is 29.1 Å². The van der Waals surface area contributed by atoms with Gasteiger partial charge in [-0.1, -0.05) is 23.7 Å². The highest BCUT2D eigenvalue weighted by atomic mass is 35.5. The zero-order valence-electron chi connectivity index (χ0n) is 16.2. The van der Waals surface area contributed by atoms with Crippen LogP contribution >= 0.6 is 11.6 Å². The van der Waals surface area contributed by atoms with E-state index in [0.29, 0.717) is 33.1 Å². The predicted molar refractivity (Wildman–Crippen MR) is 114 cm³/mol. The number of hydrogen-bond acceptors (Lipinski definition) is 4. The Bertz CT molecular complexity index is 1140. The minimum Gasteiger partial charge on any atom is -0.483 e. The molecule has 31 heavy (non-hydrogen) atoms. The smallest absolute Gasteiger partial charge is 0.262 e. The van der Waals surface area contributed by atoms with Gasteiger partial charge < -0.3 is 15.4 Å². The Balaban J connectivity index is 1.65. The number of ether oxygens (including phenoxy) is 1. The van der Waals surface area contributed by atoms with Crippen LogP contribution in [0.25, 0.3) is 0 Å². The van der Waals surface area contributed by atoms with E-state index >= 15 is 0 Å². The highest BCUT2D eigenvalue weighted by Gasteiger charge is 2.12. The van der Waals surface area contributed by atoms with Gasteiger partial charge in [-0.05, 0) is 54.6 Å². The van der Waals surface area contributed by atoms with Crippen LogP contribution in [-0.2, 0) is 11.3 Å². The Morgan fingerprint density at radius 2 is 1.84 bits per heavy atom. The summed E-state index contributed by atoms with van der Waals surface area (Å²) in [6.07, 6.45) is 0. The highest BCUT2D eigenvalue weighted by Crippen LogP contribution is 2.21. The molecule has 0 aliphatic rings. The molecule has 2 N–H and O–H groups in total. The molecule has 0 atom stereocenters. The number of carbonyl (C=O) groups is 2. The van der Waals surface area contributed by atoms with Gasteiger partial charge in [-0.25, -0.2) is 4.39 Å². The minimum absolute atomic E-state index is 0.117. The maximum absolute atomic E-state index is 13.0. The van der Waals surface area contributed by atoms with E-state index in [-0.39, 0.29) is 19.1 Å². The van der Waals surface area contributed by atoms with Crippen molar-refractivity contribution in [2.75, 3.05) is 11.9 Å². The van der Waals surface area contributed by atoms with Gasteiger partial charge in [0.15, 0.2) is 6.61 Å². The van der Waals surface area contributed by atoms with Gasteiger partial charge in [-0.3, -0.25) is 9.59 Å². The average Bonchev–Trinajstić information content (AvgIpc) is 2.77. The molecule has 0 aliphatic carbocycles. The monoisotopic (exact) mass is 437 g/mol. The first kappa shape index (κ1) is 21.8. The first-order chi connectivity index (χ1) is 14.9. The van der Waals surface area contributed by atoms with Gasteiger partial charge in [0.1, 0.15) is 11.6 Å². The van der Waals surface area contributed by atoms with Crippen molar-refractivity contribution in [2.24, 2.45) is 0 Å². The third-order valence-corrected chi connectivity index (χ3v) is 4.44. The molecule has 6 nitrogen and oxygen atoms in total. The predicted octanol–water partition coefficient (Wildman–Crippen LogP) is 4.30. The summed E-state index contributed by atoms with van der Waals surface area (Å²) >= 11 is 5.91. The van der Waals surface area contributed by atoms with Gasteiger partial charge in [0.05, 0.1) is 11.6 Å². The van der Waals surface area contributed by atoms with Crippen LogP contribution in [-0.4, -0.2) is 18.4 Å². The molecule has 0 saturated heterocycles. The number of amides is 2. The second-order valence-electron chi connectivity index (χ2n) is 6.47. The summed E-state index contributed by atoms with van der Waals surface area (Å²) in [6.45, 7) is -0.215. The molecule has 3 aromatic carbocycles. The number of hydrogen-bond donors (Lipinski definition) is 2. The molecule has 156 valence electrons. The van der Waals surface area contributed by atoms with Crippen molar-refractivity contribution in [2.45, 2.75) is 6.54 Å². The molecule has 0 saturated carbocycles. The highest BCUT2D eigenvalue weighted by molar-refractivity contribution is 6.30. The molecular weight excluding hydrogens is 421 g/mol. The Morgan fingerprint density at radius 3 is 2.55 bits per heavy atom. The summed E-state index contributed by atoms with van der Waals surface area (Å²) < 4.78 is 18.6. The van der Waals surface area contributed by atoms with Gasteiger partial charge in [-0.2, -0.15) is 5.26 Å². The van der Waals surface area contributed by atoms with Crippen molar-refractivity contribution in [1.29, 1.82) is 5.26 Å². The summed E-state index contributed by atoms with van der Waals surface area (Å²) in [5, 5.41) is 14.9. The van der Waals surface area contributed by atoms with E-state index in [9.17, 15) is 14.0 Å². The number of benzene rings is 3. The number of anilines is 1. The lowest BCUT2D eigenvalue weighted by Gasteiger charge is -2.13. The topological polar surface area (TPSA) is 91.2 Å². The van der Waals surface area contributed by atoms with Crippen LogP contribution in [0.3, 0.4) is 0 Å². The first-order valence-corrected chi connectivity index (χ1v) is 9.57. The summed E-state index contributed by atoms with van der Waals surface area (Å²) in [5.41, 5.74) is 1.76. The maximum atomic E-state index is 13.0. The van der Waals surface area contributed by atoms with Crippen LogP contribution in [0.1, 0.15) is 21.5 Å². The lowest BCUT2D eigenvalue weighted by Crippen LogP contribution is -2.24. The molecule has 0 radical (unpaired) electrons. The molecular formula is C23H17ClFN3O3. The minimum atomic E-state index is -0.456. The summed E-state index contributed by atoms with van der Waals surface area (Å²) in [6, 6.07) is 18.6. The summed E-state index contributed by atoms with van der Waals surface area (Å²) in [5.74, 6) is -0.901. The molecule has 3 aromatic rings. The zero-order chi connectivity index (χ0) is 22.2. The summed E-state index contributed by atoms with van der Waals surface area (Å²) in [7, 11) is 0. The van der Waals surface area contributed by atoms with Crippen LogP contribution in [0.4, 0.5) is 10.1 Å². The van der Waals surface area contributed by atoms with Gasteiger partial charge >= 0.3 is 0 Å². The van der Waals surface area contributed by atoms with Crippen LogP contribution in [0.2, 0.25) is 5.02 Å². The third-order valence-electron chi connectivity index (χ3n) is 4.21. The lowest BCUT2D eigenvalue weighted by molar-refractivity contribution is -0.118. The van der Waals surface area contributed by atoms with Gasteiger partial charge in [0.25, 0.3) is 11.8 Å². The number of nitrogens with one attached hydrogen (secondary N) is 2. The number of rotatable bonds is 7. The zero-order valence-corrected chi connectivity index (χ0v) is 16.9. The second kappa shape index (κ2) is 10.2. The maximum Gasteiger partial charge on any atom is 0.262 e. The number of halogens is 2. The van der Waals surface area contributed by atoms with Crippen molar-refractivity contribution in [1.82, 2.24) is 5.32 Å². The first-order valence-electron chi connectivity index (χ1n) is 9.19. The fourth-order valence-corrected chi connectivity index (χ4v) is 2.88. The Hall–Kier alpha value is -3.89. The normalized spacial score (nSPS) is 10.1.